The molecule has 1 atom stereocenters. The second-order valence-electron chi connectivity index (χ2n) is 8.12. The molecule has 0 aliphatic rings. The summed E-state index contributed by atoms with van der Waals surface area (Å²) in [6.45, 7) is 6.45. The number of aryl methyl sites for hydroxylation is 1. The molecule has 178 valence electrons. The minimum absolute atomic E-state index is 0.180. The first kappa shape index (κ1) is 24.6. The van der Waals surface area contributed by atoms with Gasteiger partial charge in [0.2, 0.25) is 0 Å². The van der Waals surface area contributed by atoms with Gasteiger partial charge in [0.1, 0.15) is 11.9 Å². The van der Waals surface area contributed by atoms with Gasteiger partial charge in [-0.2, -0.15) is 5.10 Å². The van der Waals surface area contributed by atoms with Gasteiger partial charge in [-0.1, -0.05) is 44.2 Å². The van der Waals surface area contributed by atoms with Crippen LogP contribution in [0.1, 0.15) is 35.6 Å². The molecule has 3 aromatic rings. The van der Waals surface area contributed by atoms with E-state index in [4.69, 9.17) is 4.74 Å². The van der Waals surface area contributed by atoms with Gasteiger partial charge in [-0.05, 0) is 44.0 Å². The summed E-state index contributed by atoms with van der Waals surface area (Å²) in [7, 11) is 0. The number of esters is 1. The molecule has 0 aliphatic heterocycles. The lowest BCUT2D eigenvalue weighted by Crippen LogP contribution is -2.46. The van der Waals surface area contributed by atoms with E-state index in [1.165, 1.54) is 18.2 Å². The van der Waals surface area contributed by atoms with Gasteiger partial charge in [0.15, 0.2) is 6.61 Å². The number of carbonyl (C=O) groups is 3. The standard InChI is InChI=1S/C25H27FN4O4/c1-15(2)22(28-24(32)19-12-8-9-13-20(19)26)25(33)34-14-21(31)27-23-16(3)29-30(17(23)4)18-10-6-5-7-11-18/h5-13,15,22H,14H2,1-4H3,(H,27,31)(H,28,32)/t22-/m0/s1. The van der Waals surface area contributed by atoms with Crippen LogP contribution in [-0.4, -0.2) is 40.2 Å². The Balaban J connectivity index is 1.62. The zero-order valence-corrected chi connectivity index (χ0v) is 19.5. The molecular weight excluding hydrogens is 439 g/mol. The van der Waals surface area contributed by atoms with E-state index in [1.807, 2.05) is 37.3 Å². The Morgan fingerprint density at radius 3 is 2.32 bits per heavy atom. The Morgan fingerprint density at radius 2 is 1.68 bits per heavy atom. The monoisotopic (exact) mass is 466 g/mol. The molecule has 0 radical (unpaired) electrons. The largest absolute Gasteiger partial charge is 0.454 e. The predicted octanol–water partition coefficient (Wildman–Crippen LogP) is 3.56. The lowest BCUT2D eigenvalue weighted by molar-refractivity contribution is -0.150. The number of hydrogen-bond donors (Lipinski definition) is 2. The second-order valence-corrected chi connectivity index (χ2v) is 8.12. The normalized spacial score (nSPS) is 11.7. The number of aromatic nitrogens is 2. The van der Waals surface area contributed by atoms with Crippen LogP contribution < -0.4 is 10.6 Å². The van der Waals surface area contributed by atoms with Crippen LogP contribution >= 0.6 is 0 Å². The van der Waals surface area contributed by atoms with Crippen LogP contribution in [-0.2, 0) is 14.3 Å². The van der Waals surface area contributed by atoms with Crippen LogP contribution in [0.15, 0.2) is 54.6 Å². The van der Waals surface area contributed by atoms with Crippen molar-refractivity contribution < 1.29 is 23.5 Å². The zero-order valence-electron chi connectivity index (χ0n) is 19.5. The molecule has 0 unspecified atom stereocenters. The third-order valence-corrected chi connectivity index (χ3v) is 5.23. The Bertz CT molecular complexity index is 1190. The van der Waals surface area contributed by atoms with Gasteiger partial charge in [-0.25, -0.2) is 13.9 Å². The molecule has 34 heavy (non-hydrogen) atoms. The number of anilines is 1. The quantitative estimate of drug-likeness (QED) is 0.494. The fraction of sp³-hybridized carbons (Fsp3) is 0.280. The molecule has 1 heterocycles. The van der Waals surface area contributed by atoms with E-state index in [0.29, 0.717) is 11.4 Å². The van der Waals surface area contributed by atoms with E-state index in [2.05, 4.69) is 15.7 Å². The van der Waals surface area contributed by atoms with Crippen LogP contribution in [0, 0.1) is 25.6 Å². The second kappa shape index (κ2) is 10.7. The molecule has 8 nitrogen and oxygen atoms in total. The highest BCUT2D eigenvalue weighted by atomic mass is 19.1. The number of rotatable bonds is 8. The summed E-state index contributed by atoms with van der Waals surface area (Å²) < 4.78 is 20.8. The van der Waals surface area contributed by atoms with Gasteiger partial charge in [0, 0.05) is 0 Å². The average Bonchev–Trinajstić information content (AvgIpc) is 3.09. The first-order valence-electron chi connectivity index (χ1n) is 10.8. The minimum atomic E-state index is -1.05. The van der Waals surface area contributed by atoms with Crippen molar-refractivity contribution in [2.45, 2.75) is 33.7 Å². The summed E-state index contributed by atoms with van der Waals surface area (Å²) in [5, 5.41) is 9.68. The fourth-order valence-corrected chi connectivity index (χ4v) is 3.41. The maximum absolute atomic E-state index is 13.9. The number of hydrogen-bond acceptors (Lipinski definition) is 5. The van der Waals surface area contributed by atoms with Gasteiger partial charge < -0.3 is 15.4 Å². The van der Waals surface area contributed by atoms with Crippen molar-refractivity contribution in [1.29, 1.82) is 0 Å². The predicted molar refractivity (Wildman–Crippen MR) is 125 cm³/mol. The molecule has 0 saturated carbocycles. The van der Waals surface area contributed by atoms with Crippen LogP contribution in [0.3, 0.4) is 0 Å². The Morgan fingerprint density at radius 1 is 1.03 bits per heavy atom. The van der Waals surface area contributed by atoms with E-state index in [1.54, 1.807) is 25.5 Å². The number of amides is 2. The molecule has 0 saturated heterocycles. The van der Waals surface area contributed by atoms with Gasteiger partial charge in [-0.15, -0.1) is 0 Å². The van der Waals surface area contributed by atoms with Crippen molar-refractivity contribution in [2.24, 2.45) is 5.92 Å². The number of para-hydroxylation sites is 1. The van der Waals surface area contributed by atoms with Crippen LogP contribution in [0.2, 0.25) is 0 Å². The summed E-state index contributed by atoms with van der Waals surface area (Å²) in [4.78, 5) is 37.5. The SMILES string of the molecule is Cc1nn(-c2ccccc2)c(C)c1NC(=O)COC(=O)[C@@H](NC(=O)c1ccccc1F)C(C)C. The summed E-state index contributed by atoms with van der Waals surface area (Å²) in [5.74, 6) is -3.12. The number of nitrogens with zero attached hydrogens (tertiary/aromatic N) is 2. The van der Waals surface area contributed by atoms with Crippen LogP contribution in [0.4, 0.5) is 10.1 Å². The van der Waals surface area contributed by atoms with Crippen molar-refractivity contribution >= 4 is 23.5 Å². The summed E-state index contributed by atoms with van der Waals surface area (Å²) in [5.41, 5.74) is 2.53. The van der Waals surface area contributed by atoms with Crippen LogP contribution in [0.25, 0.3) is 5.69 Å². The number of ether oxygens (including phenoxy) is 1. The van der Waals surface area contributed by atoms with E-state index in [0.717, 1.165) is 17.4 Å². The van der Waals surface area contributed by atoms with E-state index >= 15 is 0 Å². The Hall–Kier alpha value is -4.01. The third-order valence-electron chi connectivity index (χ3n) is 5.23. The third kappa shape index (κ3) is 5.67. The van der Waals surface area contributed by atoms with Crippen molar-refractivity contribution in [3.05, 3.63) is 77.4 Å². The molecule has 2 aromatic carbocycles. The molecule has 2 amide bonds. The molecular formula is C25H27FN4O4. The van der Waals surface area contributed by atoms with Gasteiger partial charge >= 0.3 is 5.97 Å². The number of nitrogens with one attached hydrogen (secondary N) is 2. The smallest absolute Gasteiger partial charge is 0.329 e. The molecule has 1 aromatic heterocycles. The van der Waals surface area contributed by atoms with Gasteiger partial charge in [0.05, 0.1) is 28.3 Å². The minimum Gasteiger partial charge on any atom is -0.454 e. The van der Waals surface area contributed by atoms with Crippen molar-refractivity contribution in [1.82, 2.24) is 15.1 Å². The van der Waals surface area contributed by atoms with Crippen molar-refractivity contribution in [3.63, 3.8) is 0 Å². The molecule has 0 fully saturated rings. The highest BCUT2D eigenvalue weighted by Crippen LogP contribution is 2.22. The first-order valence-corrected chi connectivity index (χ1v) is 10.8. The maximum atomic E-state index is 13.9. The maximum Gasteiger partial charge on any atom is 0.329 e. The lowest BCUT2D eigenvalue weighted by Gasteiger charge is -2.21. The van der Waals surface area contributed by atoms with Crippen molar-refractivity contribution in [3.8, 4) is 5.69 Å². The average molecular weight is 467 g/mol. The molecule has 0 spiro atoms. The molecule has 0 bridgehead atoms. The Kier molecular flexibility index (Phi) is 7.78. The summed E-state index contributed by atoms with van der Waals surface area (Å²) >= 11 is 0. The zero-order chi connectivity index (χ0) is 24.8. The first-order chi connectivity index (χ1) is 16.2. The number of halogens is 1. The highest BCUT2D eigenvalue weighted by Gasteiger charge is 2.28. The number of benzene rings is 2. The summed E-state index contributed by atoms with van der Waals surface area (Å²) in [6.07, 6.45) is 0. The van der Waals surface area contributed by atoms with E-state index < -0.39 is 36.2 Å². The van der Waals surface area contributed by atoms with Gasteiger partial charge in [0.25, 0.3) is 11.8 Å². The fourth-order valence-electron chi connectivity index (χ4n) is 3.41. The summed E-state index contributed by atoms with van der Waals surface area (Å²) in [6, 6.07) is 13.9. The van der Waals surface area contributed by atoms with Crippen LogP contribution in [0.5, 0.6) is 0 Å². The van der Waals surface area contributed by atoms with E-state index in [-0.39, 0.29) is 11.5 Å². The lowest BCUT2D eigenvalue weighted by atomic mass is 10.0. The van der Waals surface area contributed by atoms with E-state index in [9.17, 15) is 18.8 Å². The number of carbonyl (C=O) groups excluding carboxylic acids is 3. The molecule has 9 heteroatoms. The molecule has 0 aliphatic carbocycles. The van der Waals surface area contributed by atoms with Gasteiger partial charge in [-0.3, -0.25) is 9.59 Å². The Labute approximate surface area is 197 Å². The highest BCUT2D eigenvalue weighted by molar-refractivity contribution is 5.98. The topological polar surface area (TPSA) is 102 Å². The molecule has 3 rings (SSSR count). The van der Waals surface area contributed by atoms with Crippen molar-refractivity contribution in [2.75, 3.05) is 11.9 Å². The molecule has 2 N–H and O–H groups in total.